The highest BCUT2D eigenvalue weighted by atomic mass is 35.5. The van der Waals surface area contributed by atoms with Gasteiger partial charge in [0.2, 0.25) is 0 Å². The van der Waals surface area contributed by atoms with Crippen LogP contribution in [0.5, 0.6) is 0 Å². The maximum absolute atomic E-state index is 13.7. The number of carbonyl (C=O) groups excluding carboxylic acids is 2. The first-order valence-corrected chi connectivity index (χ1v) is 11.8. The Labute approximate surface area is 202 Å². The highest BCUT2D eigenvalue weighted by Crippen LogP contribution is 2.44. The van der Waals surface area contributed by atoms with Gasteiger partial charge in [-0.1, -0.05) is 49.4 Å². The van der Waals surface area contributed by atoms with E-state index in [2.05, 4.69) is 6.58 Å². The zero-order chi connectivity index (χ0) is 24.6. The fraction of sp³-hybridized carbons (Fsp3) is 0.429. The number of hydrogen-bond donors (Lipinski definition) is 0. The van der Waals surface area contributed by atoms with Crippen molar-refractivity contribution < 1.29 is 19.1 Å². The average molecular weight is 469 g/mol. The molecule has 1 heterocycles. The zero-order valence-corrected chi connectivity index (χ0v) is 21.1. The van der Waals surface area contributed by atoms with Crippen molar-refractivity contribution in [2.75, 3.05) is 0 Å². The Morgan fingerprint density at radius 3 is 2.45 bits per heavy atom. The van der Waals surface area contributed by atoms with Crippen LogP contribution < -0.4 is 0 Å². The molecule has 5 heteroatoms. The van der Waals surface area contributed by atoms with E-state index in [9.17, 15) is 9.59 Å². The fourth-order valence-corrected chi connectivity index (χ4v) is 4.11. The van der Waals surface area contributed by atoms with Crippen LogP contribution in [0.1, 0.15) is 71.1 Å². The number of hydrogen-bond acceptors (Lipinski definition) is 4. The van der Waals surface area contributed by atoms with E-state index in [1.165, 1.54) is 0 Å². The van der Waals surface area contributed by atoms with Crippen molar-refractivity contribution in [2.45, 2.75) is 72.0 Å². The van der Waals surface area contributed by atoms with Crippen LogP contribution in [0.4, 0.5) is 0 Å². The topological polar surface area (TPSA) is 52.6 Å². The normalized spacial score (nSPS) is 20.3. The maximum Gasteiger partial charge on any atom is 0.314 e. The molecule has 0 aromatic heterocycles. The minimum atomic E-state index is -1.06. The molecule has 1 aliphatic carbocycles. The largest absolute Gasteiger partial charge is 0.427 e. The molecule has 0 saturated heterocycles. The van der Waals surface area contributed by atoms with Gasteiger partial charge >= 0.3 is 5.97 Å². The van der Waals surface area contributed by atoms with Gasteiger partial charge in [0.05, 0.1) is 11.5 Å². The van der Waals surface area contributed by atoms with Gasteiger partial charge in [-0.15, -0.1) is 0 Å². The minimum absolute atomic E-state index is 0.0992. The van der Waals surface area contributed by atoms with Crippen LogP contribution in [-0.4, -0.2) is 23.0 Å². The number of ether oxygens (including phenoxy) is 2. The minimum Gasteiger partial charge on any atom is -0.427 e. The molecule has 0 amide bonds. The summed E-state index contributed by atoms with van der Waals surface area (Å²) in [6, 6.07) is 5.93. The van der Waals surface area contributed by atoms with Crippen molar-refractivity contribution in [3.8, 4) is 0 Å². The molecule has 0 spiro atoms. The lowest BCUT2D eigenvalue weighted by Crippen LogP contribution is -2.50. The van der Waals surface area contributed by atoms with Crippen LogP contribution >= 0.6 is 11.6 Å². The van der Waals surface area contributed by atoms with Gasteiger partial charge in [-0.3, -0.25) is 9.59 Å². The van der Waals surface area contributed by atoms with Gasteiger partial charge in [0.1, 0.15) is 11.2 Å². The Balaban J connectivity index is 2.20. The highest BCUT2D eigenvalue weighted by molar-refractivity contribution is 6.31. The van der Waals surface area contributed by atoms with E-state index < -0.39 is 11.2 Å². The van der Waals surface area contributed by atoms with Gasteiger partial charge in [-0.2, -0.15) is 0 Å². The summed E-state index contributed by atoms with van der Waals surface area (Å²) in [5.41, 5.74) is 1.74. The smallest absolute Gasteiger partial charge is 0.314 e. The Bertz CT molecular complexity index is 1080. The molecule has 176 valence electrons. The third-order valence-electron chi connectivity index (χ3n) is 6.02. The van der Waals surface area contributed by atoms with E-state index in [-0.39, 0.29) is 23.4 Å². The predicted octanol–water partition coefficient (Wildman–Crippen LogP) is 6.78. The lowest BCUT2D eigenvalue weighted by molar-refractivity contribution is -0.166. The van der Waals surface area contributed by atoms with Crippen LogP contribution in [0.2, 0.25) is 0 Å². The first-order valence-electron chi connectivity index (χ1n) is 11.4. The summed E-state index contributed by atoms with van der Waals surface area (Å²) < 4.78 is 12.0. The molecule has 1 saturated carbocycles. The third kappa shape index (κ3) is 5.39. The van der Waals surface area contributed by atoms with Crippen LogP contribution in [0.3, 0.4) is 0 Å². The number of benzene rings is 1. The first kappa shape index (κ1) is 25.2. The van der Waals surface area contributed by atoms with Crippen LogP contribution in [0, 0.1) is 5.92 Å². The van der Waals surface area contributed by atoms with Gasteiger partial charge in [0, 0.05) is 5.03 Å². The fourth-order valence-electron chi connectivity index (χ4n) is 4.05. The molecule has 1 aromatic carbocycles. The van der Waals surface area contributed by atoms with Crippen molar-refractivity contribution in [3.05, 3.63) is 70.5 Å². The number of halogens is 1. The van der Waals surface area contributed by atoms with Crippen molar-refractivity contribution in [1.82, 2.24) is 0 Å². The number of rotatable bonds is 7. The monoisotopic (exact) mass is 468 g/mol. The molecule has 4 nitrogen and oxygen atoms in total. The molecular weight excluding hydrogens is 436 g/mol. The molecule has 0 bridgehead atoms. The number of esters is 1. The van der Waals surface area contributed by atoms with Crippen LogP contribution in [0.15, 0.2) is 53.8 Å². The van der Waals surface area contributed by atoms with Gasteiger partial charge in [-0.25, -0.2) is 0 Å². The Morgan fingerprint density at radius 1 is 1.21 bits per heavy atom. The number of Topliss-reactive ketones (excluding diaryl/α,β-unsaturated/α-hetero) is 1. The molecule has 1 fully saturated rings. The summed E-state index contributed by atoms with van der Waals surface area (Å²) >= 11 is 6.10. The summed E-state index contributed by atoms with van der Waals surface area (Å²) in [6.45, 7) is 15.3. The lowest BCUT2D eigenvalue weighted by atomic mass is 9.80. The lowest BCUT2D eigenvalue weighted by Gasteiger charge is -2.42. The standard InChI is InChI=1S/C28H33ClO4/c1-8-18-11-14-20(17(3)10-15-21(29)9-2)16-22(18)23-24(30)27(4,5)33-28(6,7)25(23)32-26(31)19-12-13-19/h9-11,14-16,19H,3,8,12-13H2,1-2,4-7H3/b15-10-,21-9+. The zero-order valence-electron chi connectivity index (χ0n) is 20.4. The average Bonchev–Trinajstić information content (AvgIpc) is 3.60. The molecule has 0 radical (unpaired) electrons. The molecule has 3 rings (SSSR count). The van der Waals surface area contributed by atoms with E-state index in [0.29, 0.717) is 17.0 Å². The third-order valence-corrected chi connectivity index (χ3v) is 6.37. The quantitative estimate of drug-likeness (QED) is 0.327. The molecule has 0 unspecified atom stereocenters. The highest BCUT2D eigenvalue weighted by Gasteiger charge is 2.49. The summed E-state index contributed by atoms with van der Waals surface area (Å²) in [5, 5.41) is 0.613. The number of aryl methyl sites for hydroxylation is 1. The maximum atomic E-state index is 13.7. The number of ketones is 1. The Morgan fingerprint density at radius 2 is 1.88 bits per heavy atom. The second-order valence-electron chi connectivity index (χ2n) is 9.61. The summed E-state index contributed by atoms with van der Waals surface area (Å²) in [7, 11) is 0. The van der Waals surface area contributed by atoms with Gasteiger partial charge in [-0.05, 0) is 88.3 Å². The molecule has 33 heavy (non-hydrogen) atoms. The predicted molar refractivity (Wildman–Crippen MR) is 134 cm³/mol. The molecular formula is C28H33ClO4. The Kier molecular flexibility index (Phi) is 7.21. The molecule has 1 aliphatic heterocycles. The molecule has 0 N–H and O–H groups in total. The number of carbonyl (C=O) groups is 2. The van der Waals surface area contributed by atoms with Crippen molar-refractivity contribution in [3.63, 3.8) is 0 Å². The van der Waals surface area contributed by atoms with E-state index >= 15 is 0 Å². The molecule has 2 aliphatic rings. The van der Waals surface area contributed by atoms with Gasteiger partial charge in [0.15, 0.2) is 11.5 Å². The van der Waals surface area contributed by atoms with Gasteiger partial charge < -0.3 is 9.47 Å². The van der Waals surface area contributed by atoms with Crippen molar-refractivity contribution in [1.29, 1.82) is 0 Å². The van der Waals surface area contributed by atoms with Gasteiger partial charge in [0.25, 0.3) is 0 Å². The van der Waals surface area contributed by atoms with E-state index in [1.807, 2.05) is 52.0 Å². The van der Waals surface area contributed by atoms with E-state index in [4.69, 9.17) is 21.1 Å². The number of allylic oxidation sites excluding steroid dienone is 5. The van der Waals surface area contributed by atoms with E-state index in [1.54, 1.807) is 26.0 Å². The SMILES string of the molecule is C=C(/C=C\C(Cl)=C/C)c1ccc(CC)c(C2=C(OC(=O)C3CC3)C(C)(C)OC(C)(C)C2=O)c1. The molecule has 1 aromatic rings. The second-order valence-corrected chi connectivity index (χ2v) is 10.0. The summed E-state index contributed by atoms with van der Waals surface area (Å²) in [5.74, 6) is -0.314. The molecule has 0 atom stereocenters. The van der Waals surface area contributed by atoms with E-state index in [0.717, 1.165) is 35.1 Å². The van der Waals surface area contributed by atoms with Crippen LogP contribution in [-0.2, 0) is 25.5 Å². The van der Waals surface area contributed by atoms with Crippen LogP contribution in [0.25, 0.3) is 11.1 Å². The summed E-state index contributed by atoms with van der Waals surface area (Å²) in [4.78, 5) is 26.3. The summed E-state index contributed by atoms with van der Waals surface area (Å²) in [6.07, 6.45) is 7.77. The second kappa shape index (κ2) is 9.44. The van der Waals surface area contributed by atoms with Crippen molar-refractivity contribution in [2.24, 2.45) is 5.92 Å². The Hall–Kier alpha value is -2.43. The van der Waals surface area contributed by atoms with Crippen molar-refractivity contribution >= 4 is 34.5 Å². The first-order chi connectivity index (χ1) is 15.4.